The summed E-state index contributed by atoms with van der Waals surface area (Å²) >= 11 is 0. The Morgan fingerprint density at radius 1 is 0.881 bits per heavy atom. The van der Waals surface area contributed by atoms with Crippen molar-refractivity contribution in [2.24, 2.45) is 0 Å². The van der Waals surface area contributed by atoms with Crippen LogP contribution in [-0.2, 0) is 32.1 Å². The zero-order chi connectivity index (χ0) is 28.8. The number of amides is 2. The van der Waals surface area contributed by atoms with Crippen molar-refractivity contribution in [3.05, 3.63) is 101 Å². The molecule has 3 aromatic carbocycles. The van der Waals surface area contributed by atoms with E-state index in [0.717, 1.165) is 54.7 Å². The van der Waals surface area contributed by atoms with E-state index in [1.54, 1.807) is 0 Å². The van der Waals surface area contributed by atoms with Crippen molar-refractivity contribution in [3.8, 4) is 0 Å². The summed E-state index contributed by atoms with van der Waals surface area (Å²) in [4.78, 5) is 15.0. The topological polar surface area (TPSA) is 102 Å². The number of rotatable bonds is 8. The highest BCUT2D eigenvalue weighted by atomic mass is 16.7. The first-order valence-electron chi connectivity index (χ1n) is 14.8. The summed E-state index contributed by atoms with van der Waals surface area (Å²) in [5.41, 5.74) is 4.44. The minimum Gasteiger partial charge on any atom is -0.392 e. The molecule has 0 bridgehead atoms. The van der Waals surface area contributed by atoms with Gasteiger partial charge in [-0.05, 0) is 28.8 Å². The number of hydrogen-bond acceptors (Lipinski definition) is 7. The number of aliphatic hydroxyl groups excluding tert-OH is 1. The van der Waals surface area contributed by atoms with Crippen LogP contribution < -0.4 is 10.6 Å². The lowest BCUT2D eigenvalue weighted by atomic mass is 9.98. The number of nitrogens with one attached hydrogen (secondary N) is 2. The van der Waals surface area contributed by atoms with Crippen LogP contribution in [-0.4, -0.2) is 60.8 Å². The molecule has 42 heavy (non-hydrogen) atoms. The van der Waals surface area contributed by atoms with Crippen LogP contribution in [0.25, 0.3) is 0 Å². The molecule has 3 aliphatic rings. The zero-order valence-electron chi connectivity index (χ0n) is 23.7. The van der Waals surface area contributed by atoms with E-state index in [1.165, 1.54) is 0 Å². The monoisotopic (exact) mass is 573 g/mol. The van der Waals surface area contributed by atoms with Crippen LogP contribution in [0.15, 0.2) is 78.9 Å². The van der Waals surface area contributed by atoms with Gasteiger partial charge in [-0.1, -0.05) is 66.7 Å². The maximum atomic E-state index is 12.6. The first kappa shape index (κ1) is 28.8. The number of nitrogens with zero attached hydrogens (tertiary/aromatic N) is 1. The number of urea groups is 1. The highest BCUT2D eigenvalue weighted by Gasteiger charge is 2.41. The van der Waals surface area contributed by atoms with Gasteiger partial charge in [0.05, 0.1) is 32.0 Å². The highest BCUT2D eigenvalue weighted by Crippen LogP contribution is 2.39. The Balaban J connectivity index is 1.13. The van der Waals surface area contributed by atoms with Crippen molar-refractivity contribution in [3.63, 3.8) is 0 Å². The minimum absolute atomic E-state index is 0.00274. The van der Waals surface area contributed by atoms with Gasteiger partial charge in [0.1, 0.15) is 0 Å². The van der Waals surface area contributed by atoms with E-state index < -0.39 is 12.1 Å². The lowest BCUT2D eigenvalue weighted by Crippen LogP contribution is -2.48. The molecule has 1 spiro atoms. The predicted octanol–water partition coefficient (Wildman–Crippen LogP) is 4.88. The van der Waals surface area contributed by atoms with Crippen LogP contribution in [0, 0.1) is 0 Å². The maximum absolute atomic E-state index is 12.6. The molecule has 3 N–H and O–H groups in total. The minimum atomic E-state index is -0.599. The number of hydrogen-bond donors (Lipinski definition) is 3. The Morgan fingerprint density at radius 2 is 1.64 bits per heavy atom. The Labute approximate surface area is 246 Å². The summed E-state index contributed by atoms with van der Waals surface area (Å²) in [6, 6.07) is 25.0. The van der Waals surface area contributed by atoms with Crippen molar-refractivity contribution < 1.29 is 28.8 Å². The number of benzene rings is 3. The largest absolute Gasteiger partial charge is 0.392 e. The van der Waals surface area contributed by atoms with E-state index in [2.05, 4.69) is 15.5 Å². The Hall–Kier alpha value is -3.31. The molecule has 0 radical (unpaired) electrons. The van der Waals surface area contributed by atoms with Gasteiger partial charge in [-0.15, -0.1) is 0 Å². The average Bonchev–Trinajstić information content (AvgIpc) is 3.50. The molecular formula is C33H39N3O6. The van der Waals surface area contributed by atoms with Gasteiger partial charge in [0.25, 0.3) is 0 Å². The molecule has 9 nitrogen and oxygen atoms in total. The number of likely N-dealkylation sites (tertiary alicyclic amines) is 1. The second-order valence-corrected chi connectivity index (χ2v) is 11.2. The molecule has 3 aliphatic heterocycles. The predicted molar refractivity (Wildman–Crippen MR) is 157 cm³/mol. The smallest absolute Gasteiger partial charge is 0.319 e. The van der Waals surface area contributed by atoms with E-state index >= 15 is 0 Å². The molecule has 3 saturated heterocycles. The molecule has 9 heteroatoms. The lowest BCUT2D eigenvalue weighted by Gasteiger charge is -2.41. The highest BCUT2D eigenvalue weighted by molar-refractivity contribution is 5.89. The quantitative estimate of drug-likeness (QED) is 0.353. The van der Waals surface area contributed by atoms with Gasteiger partial charge in [0, 0.05) is 56.7 Å². The fourth-order valence-electron chi connectivity index (χ4n) is 5.90. The van der Waals surface area contributed by atoms with Crippen LogP contribution in [0.2, 0.25) is 0 Å². The summed E-state index contributed by atoms with van der Waals surface area (Å²) in [7, 11) is 0. The number of carbonyl (C=O) groups is 1. The van der Waals surface area contributed by atoms with Crippen molar-refractivity contribution in [2.75, 3.05) is 38.2 Å². The molecule has 222 valence electrons. The Kier molecular flexibility index (Phi) is 9.14. The SMILES string of the molecule is O=C(NCc1ccccc1)Nc1cccc([C@@H]2O[C@H](CN3CCC4(CC3)OCCO4)C[C@H](c3ccc(CO)cc3)O2)c1. The number of carbonyl (C=O) groups excluding carboxylic acids is 1. The zero-order valence-corrected chi connectivity index (χ0v) is 23.7. The molecule has 3 aromatic rings. The second kappa shape index (κ2) is 13.3. The number of piperidine rings is 1. The number of ether oxygens (including phenoxy) is 4. The number of aliphatic hydroxyl groups is 1. The van der Waals surface area contributed by atoms with Gasteiger partial charge in [-0.3, -0.25) is 0 Å². The Bertz CT molecular complexity index is 1300. The first-order valence-corrected chi connectivity index (χ1v) is 14.8. The van der Waals surface area contributed by atoms with Crippen molar-refractivity contribution in [2.45, 2.75) is 56.7 Å². The van der Waals surface area contributed by atoms with Crippen LogP contribution in [0.1, 0.15) is 53.9 Å². The fourth-order valence-corrected chi connectivity index (χ4v) is 5.90. The standard InChI is InChI=1S/C33H39N3O6/c37-23-25-9-11-26(12-10-25)30-20-29(22-36-15-13-33(14-16-36)39-17-18-40-33)41-31(42-30)27-7-4-8-28(19-27)35-32(38)34-21-24-5-2-1-3-6-24/h1-12,19,29-31,37H,13-18,20-23H2,(H2,34,35,38)/t29-,30+,31+/m0/s1. The Morgan fingerprint density at radius 3 is 2.38 bits per heavy atom. The van der Waals surface area contributed by atoms with Crippen LogP contribution in [0.5, 0.6) is 0 Å². The van der Waals surface area contributed by atoms with Gasteiger partial charge < -0.3 is 39.6 Å². The summed E-state index contributed by atoms with van der Waals surface area (Å²) in [5.74, 6) is -0.409. The lowest BCUT2D eigenvalue weighted by molar-refractivity contribution is -0.255. The second-order valence-electron chi connectivity index (χ2n) is 11.2. The maximum Gasteiger partial charge on any atom is 0.319 e. The molecule has 0 aromatic heterocycles. The third-order valence-electron chi connectivity index (χ3n) is 8.22. The van der Waals surface area contributed by atoms with E-state index in [9.17, 15) is 9.90 Å². The summed E-state index contributed by atoms with van der Waals surface area (Å²) in [6.07, 6.45) is 1.58. The molecular weight excluding hydrogens is 534 g/mol. The van der Waals surface area contributed by atoms with E-state index in [-0.39, 0.29) is 24.8 Å². The molecule has 2 amide bonds. The molecule has 3 atom stereocenters. The normalized spacial score (nSPS) is 24.0. The molecule has 0 aliphatic carbocycles. The summed E-state index contributed by atoms with van der Waals surface area (Å²) in [5, 5.41) is 15.3. The van der Waals surface area contributed by atoms with Crippen molar-refractivity contribution in [1.82, 2.24) is 10.2 Å². The van der Waals surface area contributed by atoms with E-state index in [4.69, 9.17) is 18.9 Å². The average molecular weight is 574 g/mol. The number of anilines is 1. The van der Waals surface area contributed by atoms with Gasteiger partial charge in [-0.2, -0.15) is 0 Å². The summed E-state index contributed by atoms with van der Waals surface area (Å²) < 4.78 is 24.9. The van der Waals surface area contributed by atoms with Crippen LogP contribution in [0.4, 0.5) is 10.5 Å². The van der Waals surface area contributed by atoms with Crippen LogP contribution in [0.3, 0.4) is 0 Å². The van der Waals surface area contributed by atoms with Crippen molar-refractivity contribution >= 4 is 11.7 Å². The first-order chi connectivity index (χ1) is 20.6. The fraction of sp³-hybridized carbons (Fsp3) is 0.424. The van der Waals surface area contributed by atoms with Crippen molar-refractivity contribution in [1.29, 1.82) is 0 Å². The summed E-state index contributed by atoms with van der Waals surface area (Å²) in [6.45, 7) is 4.34. The van der Waals surface area contributed by atoms with Gasteiger partial charge in [0.2, 0.25) is 0 Å². The third kappa shape index (κ3) is 7.18. The molecule has 0 unspecified atom stereocenters. The van der Waals surface area contributed by atoms with Gasteiger partial charge in [0.15, 0.2) is 12.1 Å². The van der Waals surface area contributed by atoms with E-state index in [1.807, 2.05) is 78.9 Å². The van der Waals surface area contributed by atoms with E-state index in [0.29, 0.717) is 31.9 Å². The molecule has 3 heterocycles. The molecule has 3 fully saturated rings. The molecule has 6 rings (SSSR count). The third-order valence-corrected chi connectivity index (χ3v) is 8.22. The van der Waals surface area contributed by atoms with Gasteiger partial charge >= 0.3 is 6.03 Å². The van der Waals surface area contributed by atoms with Gasteiger partial charge in [-0.25, -0.2) is 4.79 Å². The molecule has 0 saturated carbocycles. The van der Waals surface area contributed by atoms with Crippen LogP contribution >= 0.6 is 0 Å².